The Morgan fingerprint density at radius 2 is 2.07 bits per heavy atom. The first-order valence-corrected chi connectivity index (χ1v) is 5.04. The van der Waals surface area contributed by atoms with Crippen molar-refractivity contribution in [3.8, 4) is 0 Å². The minimum Gasteiger partial charge on any atom is -0.347 e. The zero-order chi connectivity index (χ0) is 10.0. The summed E-state index contributed by atoms with van der Waals surface area (Å²) in [7, 11) is 0. The van der Waals surface area contributed by atoms with E-state index in [1.54, 1.807) is 0 Å². The van der Waals surface area contributed by atoms with Gasteiger partial charge < -0.3 is 9.47 Å². The molecule has 2 heteroatoms. The Labute approximate surface area is 84.8 Å². The van der Waals surface area contributed by atoms with Gasteiger partial charge in [-0.25, -0.2) is 0 Å². The summed E-state index contributed by atoms with van der Waals surface area (Å²) in [6.45, 7) is 4.74. The maximum atomic E-state index is 5.73. The third kappa shape index (κ3) is 2.14. The fourth-order valence-electron chi connectivity index (χ4n) is 1.85. The van der Waals surface area contributed by atoms with E-state index in [-0.39, 0.29) is 6.10 Å². The summed E-state index contributed by atoms with van der Waals surface area (Å²) in [6, 6.07) is 10.3. The van der Waals surface area contributed by atoms with Crippen LogP contribution in [0.5, 0.6) is 0 Å². The summed E-state index contributed by atoms with van der Waals surface area (Å²) < 4.78 is 11.4. The summed E-state index contributed by atoms with van der Waals surface area (Å²) >= 11 is 0. The van der Waals surface area contributed by atoms with Gasteiger partial charge >= 0.3 is 0 Å². The molecule has 0 spiro atoms. The van der Waals surface area contributed by atoms with Crippen LogP contribution in [0.2, 0.25) is 0 Å². The van der Waals surface area contributed by atoms with E-state index in [0.29, 0.717) is 6.61 Å². The SMILES string of the molecule is C[C@H]1CO[C@](C)(Cc2ccccc2)O1. The second kappa shape index (κ2) is 3.71. The number of hydrogen-bond acceptors (Lipinski definition) is 2. The molecule has 0 saturated carbocycles. The van der Waals surface area contributed by atoms with Gasteiger partial charge in [-0.2, -0.15) is 0 Å². The van der Waals surface area contributed by atoms with Crippen molar-refractivity contribution in [1.29, 1.82) is 0 Å². The van der Waals surface area contributed by atoms with Gasteiger partial charge in [0.25, 0.3) is 0 Å². The maximum absolute atomic E-state index is 5.73. The predicted octanol–water partition coefficient (Wildman–Crippen LogP) is 2.38. The molecule has 76 valence electrons. The largest absolute Gasteiger partial charge is 0.347 e. The molecule has 1 saturated heterocycles. The fourth-order valence-corrected chi connectivity index (χ4v) is 1.85. The third-order valence-corrected chi connectivity index (χ3v) is 2.44. The highest BCUT2D eigenvalue weighted by Gasteiger charge is 2.34. The standard InChI is InChI=1S/C12H16O2/c1-10-9-13-12(2,14-10)8-11-6-4-3-5-7-11/h3-7,10H,8-9H2,1-2H3/t10-,12-/m0/s1. The molecule has 1 aromatic carbocycles. The van der Waals surface area contributed by atoms with Gasteiger partial charge in [0.05, 0.1) is 12.7 Å². The Balaban J connectivity index is 2.04. The van der Waals surface area contributed by atoms with Crippen LogP contribution in [0.15, 0.2) is 30.3 Å². The first-order chi connectivity index (χ1) is 6.68. The monoisotopic (exact) mass is 192 g/mol. The molecule has 0 aliphatic carbocycles. The number of rotatable bonds is 2. The molecule has 0 radical (unpaired) electrons. The Hall–Kier alpha value is -0.860. The normalized spacial score (nSPS) is 32.0. The van der Waals surface area contributed by atoms with Crippen LogP contribution in [0.3, 0.4) is 0 Å². The van der Waals surface area contributed by atoms with Crippen molar-refractivity contribution in [2.75, 3.05) is 6.61 Å². The Morgan fingerprint density at radius 3 is 2.64 bits per heavy atom. The molecule has 2 atom stereocenters. The van der Waals surface area contributed by atoms with Gasteiger partial charge in [-0.1, -0.05) is 30.3 Å². The highest BCUT2D eigenvalue weighted by molar-refractivity contribution is 5.16. The lowest BCUT2D eigenvalue weighted by Gasteiger charge is -2.22. The molecular weight excluding hydrogens is 176 g/mol. The molecule has 0 N–H and O–H groups in total. The molecule has 2 rings (SSSR count). The topological polar surface area (TPSA) is 18.5 Å². The first kappa shape index (κ1) is 9.69. The van der Waals surface area contributed by atoms with E-state index in [1.165, 1.54) is 5.56 Å². The third-order valence-electron chi connectivity index (χ3n) is 2.44. The van der Waals surface area contributed by atoms with Gasteiger partial charge in [-0.05, 0) is 19.4 Å². The van der Waals surface area contributed by atoms with Gasteiger partial charge in [0.2, 0.25) is 0 Å². The zero-order valence-corrected chi connectivity index (χ0v) is 8.69. The van der Waals surface area contributed by atoms with Crippen LogP contribution in [0.1, 0.15) is 19.4 Å². The summed E-state index contributed by atoms with van der Waals surface area (Å²) in [5.41, 5.74) is 1.25. The van der Waals surface area contributed by atoms with E-state index in [1.807, 2.05) is 32.0 Å². The average molecular weight is 192 g/mol. The van der Waals surface area contributed by atoms with Crippen molar-refractivity contribution in [3.63, 3.8) is 0 Å². The van der Waals surface area contributed by atoms with E-state index < -0.39 is 5.79 Å². The molecule has 0 unspecified atom stereocenters. The summed E-state index contributed by atoms with van der Waals surface area (Å²) in [5, 5.41) is 0. The number of hydrogen-bond donors (Lipinski definition) is 0. The quantitative estimate of drug-likeness (QED) is 0.716. The zero-order valence-electron chi connectivity index (χ0n) is 8.69. The molecule has 2 nitrogen and oxygen atoms in total. The van der Waals surface area contributed by atoms with Crippen molar-refractivity contribution >= 4 is 0 Å². The molecule has 14 heavy (non-hydrogen) atoms. The van der Waals surface area contributed by atoms with Crippen LogP contribution in [-0.2, 0) is 15.9 Å². The van der Waals surface area contributed by atoms with Crippen molar-refractivity contribution in [2.45, 2.75) is 32.2 Å². The number of benzene rings is 1. The van der Waals surface area contributed by atoms with Crippen LogP contribution >= 0.6 is 0 Å². The van der Waals surface area contributed by atoms with Crippen LogP contribution in [0.25, 0.3) is 0 Å². The van der Waals surface area contributed by atoms with Crippen LogP contribution < -0.4 is 0 Å². The van der Waals surface area contributed by atoms with Gasteiger partial charge in [-0.3, -0.25) is 0 Å². The van der Waals surface area contributed by atoms with Crippen molar-refractivity contribution in [1.82, 2.24) is 0 Å². The molecule has 1 aromatic rings. The van der Waals surface area contributed by atoms with E-state index in [9.17, 15) is 0 Å². The van der Waals surface area contributed by atoms with Crippen molar-refractivity contribution in [3.05, 3.63) is 35.9 Å². The highest BCUT2D eigenvalue weighted by Crippen LogP contribution is 2.26. The molecule has 0 bridgehead atoms. The predicted molar refractivity (Wildman–Crippen MR) is 55.1 cm³/mol. The summed E-state index contributed by atoms with van der Waals surface area (Å²) in [5.74, 6) is -0.430. The van der Waals surface area contributed by atoms with Crippen LogP contribution in [0.4, 0.5) is 0 Å². The van der Waals surface area contributed by atoms with Crippen molar-refractivity contribution in [2.24, 2.45) is 0 Å². The second-order valence-corrected chi connectivity index (χ2v) is 4.04. The smallest absolute Gasteiger partial charge is 0.170 e. The molecule has 1 aliphatic rings. The van der Waals surface area contributed by atoms with Crippen LogP contribution in [0, 0.1) is 0 Å². The summed E-state index contributed by atoms with van der Waals surface area (Å²) in [6.07, 6.45) is 1.03. The Bertz CT molecular complexity index is 296. The Morgan fingerprint density at radius 1 is 1.36 bits per heavy atom. The number of ether oxygens (including phenoxy) is 2. The van der Waals surface area contributed by atoms with Gasteiger partial charge in [0.15, 0.2) is 5.79 Å². The fraction of sp³-hybridized carbons (Fsp3) is 0.500. The minimum atomic E-state index is -0.430. The molecule has 1 heterocycles. The second-order valence-electron chi connectivity index (χ2n) is 4.04. The lowest BCUT2D eigenvalue weighted by molar-refractivity contribution is -0.150. The van der Waals surface area contributed by atoms with Crippen LogP contribution in [-0.4, -0.2) is 18.5 Å². The molecule has 1 fully saturated rings. The van der Waals surface area contributed by atoms with E-state index in [2.05, 4.69) is 12.1 Å². The molecule has 0 aromatic heterocycles. The van der Waals surface area contributed by atoms with Gasteiger partial charge in [0.1, 0.15) is 0 Å². The van der Waals surface area contributed by atoms with E-state index in [4.69, 9.17) is 9.47 Å². The lowest BCUT2D eigenvalue weighted by Crippen LogP contribution is -2.29. The molecule has 0 amide bonds. The van der Waals surface area contributed by atoms with E-state index in [0.717, 1.165) is 6.42 Å². The van der Waals surface area contributed by atoms with E-state index >= 15 is 0 Å². The Kier molecular flexibility index (Phi) is 2.57. The summed E-state index contributed by atoms with van der Waals surface area (Å²) in [4.78, 5) is 0. The molecular formula is C12H16O2. The lowest BCUT2D eigenvalue weighted by atomic mass is 10.1. The highest BCUT2D eigenvalue weighted by atomic mass is 16.7. The minimum absolute atomic E-state index is 0.212. The van der Waals surface area contributed by atoms with Gasteiger partial charge in [0, 0.05) is 6.42 Å². The first-order valence-electron chi connectivity index (χ1n) is 5.04. The average Bonchev–Trinajstić information content (AvgIpc) is 2.47. The molecule has 1 aliphatic heterocycles. The van der Waals surface area contributed by atoms with Crippen molar-refractivity contribution < 1.29 is 9.47 Å². The van der Waals surface area contributed by atoms with Gasteiger partial charge in [-0.15, -0.1) is 0 Å². The maximum Gasteiger partial charge on any atom is 0.170 e.